The minimum absolute atomic E-state index is 0.245. The van der Waals surface area contributed by atoms with Gasteiger partial charge >= 0.3 is 0 Å². The molecular formula is C78H147NO13. The highest BCUT2D eigenvalue weighted by molar-refractivity contribution is 5.76. The summed E-state index contributed by atoms with van der Waals surface area (Å²) >= 11 is 0. The van der Waals surface area contributed by atoms with E-state index in [4.69, 9.17) is 18.9 Å². The van der Waals surface area contributed by atoms with E-state index in [9.17, 15) is 45.6 Å². The summed E-state index contributed by atoms with van der Waals surface area (Å²) in [4.78, 5) is 13.4. The molecule has 0 aromatic heterocycles. The van der Waals surface area contributed by atoms with E-state index >= 15 is 0 Å². The molecule has 0 radical (unpaired) electrons. The molecule has 14 heteroatoms. The quantitative estimate of drug-likeness (QED) is 0.0204. The van der Waals surface area contributed by atoms with Gasteiger partial charge in [0, 0.05) is 6.42 Å². The molecule has 2 heterocycles. The lowest BCUT2D eigenvalue weighted by molar-refractivity contribution is -0.359. The third-order valence-electron chi connectivity index (χ3n) is 19.3. The number of allylic oxidation sites excluding steroid dienone is 5. The summed E-state index contributed by atoms with van der Waals surface area (Å²) in [5.41, 5.74) is 0. The number of amides is 1. The molecule has 1 amide bonds. The lowest BCUT2D eigenvalue weighted by atomic mass is 9.97. The van der Waals surface area contributed by atoms with E-state index in [2.05, 4.69) is 43.5 Å². The Balaban J connectivity index is 1.65. The number of carbonyl (C=O) groups excluding carboxylic acids is 1. The number of hydrogen-bond acceptors (Lipinski definition) is 13. The maximum Gasteiger partial charge on any atom is 0.220 e. The van der Waals surface area contributed by atoms with Gasteiger partial charge in [0.15, 0.2) is 12.6 Å². The SMILES string of the molecule is CCCCCCCCCCCCCCCCCCCCC/C=C/CC/C=C/CC/C=C/C(O)C(COC1OC(CO)C(OC2OC(CO)C(O)C(O)C2O)C(O)C1O)NC(=O)CCCCCCCCCCCCCCCCCCCCCCCCCCCCCCC. The molecule has 2 aliphatic heterocycles. The third kappa shape index (κ3) is 45.7. The molecular weight excluding hydrogens is 1160 g/mol. The Morgan fingerprint density at radius 3 is 1.07 bits per heavy atom. The van der Waals surface area contributed by atoms with E-state index in [0.717, 1.165) is 44.9 Å². The Morgan fingerprint density at radius 1 is 0.380 bits per heavy atom. The monoisotopic (exact) mass is 1310 g/mol. The van der Waals surface area contributed by atoms with Crippen molar-refractivity contribution in [2.45, 2.75) is 434 Å². The lowest BCUT2D eigenvalue weighted by Crippen LogP contribution is -2.65. The molecule has 2 rings (SSSR count). The lowest BCUT2D eigenvalue weighted by Gasteiger charge is -2.46. The van der Waals surface area contributed by atoms with Crippen LogP contribution in [0.25, 0.3) is 0 Å². The van der Waals surface area contributed by atoms with Crippen molar-refractivity contribution in [3.63, 3.8) is 0 Å². The molecule has 0 bridgehead atoms. The van der Waals surface area contributed by atoms with Crippen LogP contribution >= 0.6 is 0 Å². The first-order valence-electron chi connectivity index (χ1n) is 39.2. The average molecular weight is 1310 g/mol. The summed E-state index contributed by atoms with van der Waals surface area (Å²) in [6, 6.07) is -0.938. The van der Waals surface area contributed by atoms with E-state index < -0.39 is 86.8 Å². The van der Waals surface area contributed by atoms with E-state index in [0.29, 0.717) is 12.8 Å². The number of unbranched alkanes of at least 4 members (excludes halogenated alkanes) is 49. The van der Waals surface area contributed by atoms with Gasteiger partial charge in [-0.1, -0.05) is 346 Å². The third-order valence-corrected chi connectivity index (χ3v) is 19.3. The van der Waals surface area contributed by atoms with Gasteiger partial charge in [-0.15, -0.1) is 0 Å². The number of ether oxygens (including phenoxy) is 4. The highest BCUT2D eigenvalue weighted by atomic mass is 16.7. The summed E-state index contributed by atoms with van der Waals surface area (Å²) in [5.74, 6) is -0.245. The molecule has 12 atom stereocenters. The average Bonchev–Trinajstić information content (AvgIpc) is 1.04. The second-order valence-corrected chi connectivity index (χ2v) is 27.8. The fourth-order valence-electron chi connectivity index (χ4n) is 13.1. The highest BCUT2D eigenvalue weighted by Gasteiger charge is 2.51. The van der Waals surface area contributed by atoms with Gasteiger partial charge in [-0.3, -0.25) is 4.79 Å². The van der Waals surface area contributed by atoms with Crippen LogP contribution in [-0.4, -0.2) is 140 Å². The number of aliphatic hydroxyl groups excluding tert-OH is 8. The first-order chi connectivity index (χ1) is 45.1. The van der Waals surface area contributed by atoms with Crippen LogP contribution in [0.1, 0.15) is 361 Å². The standard InChI is InChI=1S/C78H147NO13/c1-3-5-7-9-11-13-15-17-19-21-23-25-27-29-31-33-35-37-39-41-43-45-47-49-51-53-55-57-59-61-67(82)66(65-89-77-75(88)73(86)76(69(64-81)91-77)92-78-74(87)72(85)71(84)68(63-80)90-78)79-70(83)62-60-58-56-54-52-50-48-46-44-42-40-38-36-34-32-30-28-26-24-22-20-18-16-14-12-10-8-6-4-2/h43,45,51,53,59,61,66-69,71-78,80-82,84-88H,3-42,44,46-50,52,54-58,60,62-65H2,1-2H3,(H,79,83)/b45-43+,53-51+,61-59+. The van der Waals surface area contributed by atoms with Crippen molar-refractivity contribution in [2.24, 2.45) is 0 Å². The molecule has 0 saturated carbocycles. The zero-order valence-corrected chi connectivity index (χ0v) is 59.3. The topological polar surface area (TPSA) is 228 Å². The molecule has 92 heavy (non-hydrogen) atoms. The molecule has 0 aromatic carbocycles. The number of nitrogens with one attached hydrogen (secondary N) is 1. The number of hydrogen-bond donors (Lipinski definition) is 9. The van der Waals surface area contributed by atoms with Crippen LogP contribution < -0.4 is 5.32 Å². The van der Waals surface area contributed by atoms with Crippen LogP contribution in [0.2, 0.25) is 0 Å². The first-order valence-corrected chi connectivity index (χ1v) is 39.2. The van der Waals surface area contributed by atoms with Crippen molar-refractivity contribution in [1.82, 2.24) is 5.32 Å². The number of rotatable bonds is 66. The second kappa shape index (κ2) is 62.7. The molecule has 2 aliphatic rings. The summed E-state index contributed by atoms with van der Waals surface area (Å²) in [5, 5.41) is 87.6. The zero-order valence-electron chi connectivity index (χ0n) is 59.3. The van der Waals surface area contributed by atoms with Crippen molar-refractivity contribution < 1.29 is 64.6 Å². The summed E-state index contributed by atoms with van der Waals surface area (Å²) in [6.45, 7) is 2.84. The smallest absolute Gasteiger partial charge is 0.220 e. The van der Waals surface area contributed by atoms with Crippen molar-refractivity contribution in [3.05, 3.63) is 36.5 Å². The minimum Gasteiger partial charge on any atom is -0.394 e. The van der Waals surface area contributed by atoms with E-state index in [-0.39, 0.29) is 18.9 Å². The Bertz CT molecular complexity index is 1680. The Kier molecular flexibility index (Phi) is 58.8. The van der Waals surface area contributed by atoms with Crippen LogP contribution in [-0.2, 0) is 23.7 Å². The van der Waals surface area contributed by atoms with E-state index in [1.807, 2.05) is 6.08 Å². The van der Waals surface area contributed by atoms with Crippen molar-refractivity contribution in [1.29, 1.82) is 0 Å². The fraction of sp³-hybridized carbons (Fsp3) is 0.910. The summed E-state index contributed by atoms with van der Waals surface area (Å²) in [6.07, 6.45) is 65.2. The number of aliphatic hydroxyl groups is 8. The van der Waals surface area contributed by atoms with Crippen molar-refractivity contribution in [3.8, 4) is 0 Å². The van der Waals surface area contributed by atoms with Crippen LogP contribution in [0.5, 0.6) is 0 Å². The Morgan fingerprint density at radius 2 is 0.696 bits per heavy atom. The van der Waals surface area contributed by atoms with Gasteiger partial charge in [-0.05, 0) is 44.9 Å². The minimum atomic E-state index is -1.79. The molecule has 14 nitrogen and oxygen atoms in total. The maximum absolute atomic E-state index is 13.4. The maximum atomic E-state index is 13.4. The molecule has 2 saturated heterocycles. The highest BCUT2D eigenvalue weighted by Crippen LogP contribution is 2.30. The number of carbonyl (C=O) groups is 1. The summed E-state index contributed by atoms with van der Waals surface area (Å²) < 4.78 is 22.9. The first kappa shape index (κ1) is 86.3. The molecule has 0 spiro atoms. The Labute approximate surface area is 563 Å². The summed E-state index contributed by atoms with van der Waals surface area (Å²) in [7, 11) is 0. The van der Waals surface area contributed by atoms with Gasteiger partial charge in [-0.2, -0.15) is 0 Å². The normalized spacial score (nSPS) is 22.8. The van der Waals surface area contributed by atoms with Crippen molar-refractivity contribution in [2.75, 3.05) is 19.8 Å². The molecule has 0 aromatic rings. The largest absolute Gasteiger partial charge is 0.394 e. The van der Waals surface area contributed by atoms with Gasteiger partial charge in [0.2, 0.25) is 5.91 Å². The second-order valence-electron chi connectivity index (χ2n) is 27.8. The predicted octanol–water partition coefficient (Wildman–Crippen LogP) is 17.2. The van der Waals surface area contributed by atoms with Gasteiger partial charge in [0.25, 0.3) is 0 Å². The van der Waals surface area contributed by atoms with E-state index in [1.54, 1.807) is 6.08 Å². The van der Waals surface area contributed by atoms with E-state index in [1.165, 1.54) is 283 Å². The molecule has 0 aliphatic carbocycles. The molecule has 12 unspecified atom stereocenters. The van der Waals surface area contributed by atoms with Crippen LogP contribution in [0.3, 0.4) is 0 Å². The molecule has 542 valence electrons. The van der Waals surface area contributed by atoms with Crippen LogP contribution in [0, 0.1) is 0 Å². The van der Waals surface area contributed by atoms with Crippen LogP contribution in [0.15, 0.2) is 36.5 Å². The van der Waals surface area contributed by atoms with Gasteiger partial charge in [0.05, 0.1) is 32.0 Å². The Hall–Kier alpha value is -1.79. The zero-order chi connectivity index (χ0) is 66.6. The molecule has 9 N–H and O–H groups in total. The van der Waals surface area contributed by atoms with Crippen LogP contribution in [0.4, 0.5) is 0 Å². The predicted molar refractivity (Wildman–Crippen MR) is 378 cm³/mol. The van der Waals surface area contributed by atoms with Gasteiger partial charge in [-0.25, -0.2) is 0 Å². The molecule has 2 fully saturated rings. The fourth-order valence-corrected chi connectivity index (χ4v) is 13.1. The van der Waals surface area contributed by atoms with Gasteiger partial charge < -0.3 is 65.1 Å². The van der Waals surface area contributed by atoms with Crippen molar-refractivity contribution >= 4 is 5.91 Å². The van der Waals surface area contributed by atoms with Gasteiger partial charge in [0.1, 0.15) is 48.8 Å².